The van der Waals surface area contributed by atoms with Crippen LogP contribution in [0, 0.1) is 18.8 Å². The lowest BCUT2D eigenvalue weighted by Crippen LogP contribution is -2.58. The highest BCUT2D eigenvalue weighted by molar-refractivity contribution is 7.14. The first-order valence-electron chi connectivity index (χ1n) is 12.1. The van der Waals surface area contributed by atoms with Crippen LogP contribution in [0.2, 0.25) is 0 Å². The van der Waals surface area contributed by atoms with E-state index in [0.29, 0.717) is 5.69 Å². The fourth-order valence-electron chi connectivity index (χ4n) is 5.00. The van der Waals surface area contributed by atoms with Gasteiger partial charge in [0.2, 0.25) is 5.95 Å². The minimum Gasteiger partial charge on any atom is -0.351 e. The van der Waals surface area contributed by atoms with Gasteiger partial charge in [0.1, 0.15) is 23.2 Å². The van der Waals surface area contributed by atoms with Crippen LogP contribution in [-0.2, 0) is 18.8 Å². The number of nitrogens with two attached hydrogens (primary N) is 1. The number of primary amides is 1. The zero-order valence-corrected chi connectivity index (χ0v) is 21.5. The molecule has 2 aliphatic carbocycles. The first kappa shape index (κ1) is 25.9. The summed E-state index contributed by atoms with van der Waals surface area (Å²) in [5.41, 5.74) is 5.83. The number of benzene rings is 1. The summed E-state index contributed by atoms with van der Waals surface area (Å²) in [7, 11) is 1.92. The normalized spacial score (nSPS) is 15.7. The Morgan fingerprint density at radius 2 is 1.82 bits per heavy atom. The van der Waals surface area contributed by atoms with Crippen LogP contribution >= 0.6 is 11.3 Å². The number of urea groups is 2. The van der Waals surface area contributed by atoms with Gasteiger partial charge in [0.25, 0.3) is 5.01 Å². The van der Waals surface area contributed by atoms with Gasteiger partial charge in [-0.2, -0.15) is 17.7 Å². The van der Waals surface area contributed by atoms with Crippen molar-refractivity contribution in [1.29, 1.82) is 0 Å². The number of rotatable bonds is 7. The number of nitrogens with one attached hydrogen (secondary N) is 3. The van der Waals surface area contributed by atoms with Gasteiger partial charge in [0, 0.05) is 17.4 Å². The molecule has 0 bridgehead atoms. The Bertz CT molecular complexity index is 1390. The lowest BCUT2D eigenvalue weighted by Gasteiger charge is -2.31. The van der Waals surface area contributed by atoms with E-state index in [-0.39, 0.29) is 17.8 Å². The molecule has 5 rings (SSSR count). The number of carbonyl (C=O) groups is 2. The number of hydrogen-bond acceptors (Lipinski definition) is 6. The fraction of sp³-hybridized carbons (Fsp3) is 0.400. The van der Waals surface area contributed by atoms with E-state index in [1.165, 1.54) is 0 Å². The van der Waals surface area contributed by atoms with Crippen LogP contribution in [0.4, 0.5) is 34.4 Å². The zero-order valence-electron chi connectivity index (χ0n) is 20.7. The van der Waals surface area contributed by atoms with E-state index in [2.05, 4.69) is 25.9 Å². The molecule has 5 N–H and O–H groups in total. The van der Waals surface area contributed by atoms with E-state index in [0.717, 1.165) is 59.0 Å². The Hall–Kier alpha value is -3.74. The average molecular weight is 547 g/mol. The molecule has 2 fully saturated rings. The van der Waals surface area contributed by atoms with Crippen LogP contribution in [0.3, 0.4) is 0 Å². The molecule has 3 aromatic rings. The van der Waals surface area contributed by atoms with Crippen molar-refractivity contribution in [2.45, 2.75) is 44.3 Å². The Morgan fingerprint density at radius 1 is 1.13 bits per heavy atom. The van der Waals surface area contributed by atoms with Gasteiger partial charge in [-0.1, -0.05) is 17.4 Å². The first-order chi connectivity index (χ1) is 18.0. The second-order valence-corrected chi connectivity index (χ2v) is 10.9. The minimum absolute atomic E-state index is 0.153. The first-order valence-corrected chi connectivity index (χ1v) is 12.9. The van der Waals surface area contributed by atoms with Gasteiger partial charge in [0.05, 0.1) is 0 Å². The lowest BCUT2D eigenvalue weighted by molar-refractivity contribution is -0.678. The topological polar surface area (TPSA) is 126 Å². The van der Waals surface area contributed by atoms with Crippen molar-refractivity contribution in [3.05, 3.63) is 52.9 Å². The smallest absolute Gasteiger partial charge is 0.351 e. The van der Waals surface area contributed by atoms with Gasteiger partial charge in [0.15, 0.2) is 6.20 Å². The van der Waals surface area contributed by atoms with Crippen molar-refractivity contribution in [3.63, 3.8) is 0 Å². The number of thiazole rings is 1. The minimum atomic E-state index is -4.57. The second kappa shape index (κ2) is 9.53. The number of aromatic nitrogens is 3. The Balaban J connectivity index is 1.48. The molecule has 0 spiro atoms. The van der Waals surface area contributed by atoms with Gasteiger partial charge in [-0.25, -0.2) is 19.6 Å². The van der Waals surface area contributed by atoms with E-state index in [4.69, 9.17) is 5.73 Å². The molecule has 1 aromatic carbocycles. The summed E-state index contributed by atoms with van der Waals surface area (Å²) in [6.45, 7) is 1.89. The van der Waals surface area contributed by atoms with E-state index in [1.807, 2.05) is 36.9 Å². The predicted molar refractivity (Wildman–Crippen MR) is 134 cm³/mol. The maximum absolute atomic E-state index is 13.1. The number of aryl methyl sites for hydroxylation is 2. The SMILES string of the molecule is Cc1cc(Nc2nccc(C(F)(F)F)n2)cc(-c2c[n+](C)c(C(NC(=O)NC(N)=O)(C3CC3)C3CC3)s2)c1. The number of anilines is 2. The molecule has 0 aliphatic heterocycles. The quantitative estimate of drug-likeness (QED) is 0.325. The van der Waals surface area contributed by atoms with Gasteiger partial charge >= 0.3 is 18.2 Å². The summed E-state index contributed by atoms with van der Waals surface area (Å²) in [6.07, 6.45) is 2.35. The molecule has 2 saturated carbocycles. The van der Waals surface area contributed by atoms with Crippen molar-refractivity contribution < 1.29 is 27.3 Å². The molecule has 2 aliphatic rings. The van der Waals surface area contributed by atoms with Crippen molar-refractivity contribution in [1.82, 2.24) is 20.6 Å². The Labute approximate surface area is 220 Å². The largest absolute Gasteiger partial charge is 0.433 e. The predicted octanol–water partition coefficient (Wildman–Crippen LogP) is 4.49. The molecule has 2 aromatic heterocycles. The summed E-state index contributed by atoms with van der Waals surface area (Å²) >= 11 is 1.54. The molecule has 200 valence electrons. The van der Waals surface area contributed by atoms with Gasteiger partial charge in [-0.15, -0.1) is 0 Å². The monoisotopic (exact) mass is 546 g/mol. The number of hydrogen-bond donors (Lipinski definition) is 4. The highest BCUT2D eigenvalue weighted by Crippen LogP contribution is 2.58. The van der Waals surface area contributed by atoms with Crippen LogP contribution < -0.4 is 26.3 Å². The van der Waals surface area contributed by atoms with Gasteiger partial charge in [-0.3, -0.25) is 5.32 Å². The van der Waals surface area contributed by atoms with Crippen molar-refractivity contribution >= 4 is 35.0 Å². The van der Waals surface area contributed by atoms with E-state index >= 15 is 0 Å². The third-order valence-corrected chi connectivity index (χ3v) is 8.14. The maximum Gasteiger partial charge on any atom is 0.433 e. The lowest BCUT2D eigenvalue weighted by atomic mass is 9.87. The van der Waals surface area contributed by atoms with Crippen molar-refractivity contribution in [3.8, 4) is 10.4 Å². The molecule has 0 saturated heterocycles. The number of carbonyl (C=O) groups excluding carboxylic acids is 2. The Morgan fingerprint density at radius 3 is 2.42 bits per heavy atom. The van der Waals surface area contributed by atoms with Gasteiger partial charge < -0.3 is 16.4 Å². The van der Waals surface area contributed by atoms with Gasteiger partial charge in [-0.05, 0) is 68.2 Å². The third kappa shape index (κ3) is 5.28. The molecule has 38 heavy (non-hydrogen) atoms. The molecular weight excluding hydrogens is 519 g/mol. The molecule has 2 heterocycles. The number of halogens is 3. The molecule has 4 amide bonds. The molecular formula is C25H27F3N7O2S+. The van der Waals surface area contributed by atoms with E-state index in [1.54, 1.807) is 17.4 Å². The Kier molecular flexibility index (Phi) is 6.49. The molecule has 13 heteroatoms. The van der Waals surface area contributed by atoms with Crippen LogP contribution in [0.25, 0.3) is 10.4 Å². The number of amides is 4. The zero-order chi connectivity index (χ0) is 27.2. The number of alkyl halides is 3. The number of nitrogens with zero attached hydrogens (tertiary/aromatic N) is 3. The van der Waals surface area contributed by atoms with Crippen molar-refractivity contribution in [2.75, 3.05) is 5.32 Å². The summed E-state index contributed by atoms with van der Waals surface area (Å²) in [5.74, 6) is 0.346. The second-order valence-electron chi connectivity index (χ2n) is 9.85. The van der Waals surface area contributed by atoms with E-state index < -0.39 is 29.5 Å². The van der Waals surface area contributed by atoms with E-state index in [9.17, 15) is 22.8 Å². The molecule has 9 nitrogen and oxygen atoms in total. The summed E-state index contributed by atoms with van der Waals surface area (Å²) < 4.78 is 41.3. The standard InChI is InChI=1S/C25H26F3N7O2S/c1-13-9-14(11-17(10-13)31-22-30-8-7-19(32-22)25(26,27)28)18-12-35(2)20(38-18)24(15-3-4-15,16-5-6-16)34-23(37)33-21(29)36/h7-12,15-16H,3-6H2,1-2H3,(H4-,29,30,31,32,33,34,36,37)/p+1. The molecule has 0 atom stereocenters. The summed E-state index contributed by atoms with van der Waals surface area (Å²) in [5, 5.41) is 9.09. The third-order valence-electron chi connectivity index (χ3n) is 6.76. The highest BCUT2D eigenvalue weighted by atomic mass is 32.1. The van der Waals surface area contributed by atoms with Crippen LogP contribution in [0.15, 0.2) is 36.7 Å². The van der Waals surface area contributed by atoms with Crippen LogP contribution in [0.5, 0.6) is 0 Å². The van der Waals surface area contributed by atoms with Crippen LogP contribution in [-0.4, -0.2) is 22.0 Å². The number of imide groups is 1. The fourth-order valence-corrected chi connectivity index (χ4v) is 6.40. The molecule has 0 radical (unpaired) electrons. The van der Waals surface area contributed by atoms with Crippen LogP contribution in [0.1, 0.15) is 41.9 Å². The average Bonchev–Trinajstić information content (AvgIpc) is 3.74. The summed E-state index contributed by atoms with van der Waals surface area (Å²) in [6, 6.07) is 4.91. The maximum atomic E-state index is 13.1. The highest BCUT2D eigenvalue weighted by Gasteiger charge is 2.61. The van der Waals surface area contributed by atoms with Crippen molar-refractivity contribution in [2.24, 2.45) is 24.6 Å². The summed E-state index contributed by atoms with van der Waals surface area (Å²) in [4.78, 5) is 32.4. The molecule has 0 unspecified atom stereocenters.